The first-order valence-electron chi connectivity index (χ1n) is 5.14. The second-order valence-electron chi connectivity index (χ2n) is 4.14. The lowest BCUT2D eigenvalue weighted by atomic mass is 9.77. The van der Waals surface area contributed by atoms with E-state index in [0.717, 1.165) is 19.3 Å². The second-order valence-corrected chi connectivity index (χ2v) is 5.00. The number of hydrogen-bond donors (Lipinski definition) is 2. The van der Waals surface area contributed by atoms with E-state index in [0.29, 0.717) is 0 Å². The molecule has 0 amide bonds. The fourth-order valence-electron chi connectivity index (χ4n) is 1.91. The molecular weight excluding hydrogens is 315 g/mol. The van der Waals surface area contributed by atoms with Crippen molar-refractivity contribution in [2.45, 2.75) is 25.3 Å². The average Bonchev–Trinajstić information content (AvgIpc) is 2.17. The normalized spacial score (nSPS) is 17.2. The zero-order chi connectivity index (χ0) is 11.9. The van der Waals surface area contributed by atoms with Crippen LogP contribution in [0.25, 0.3) is 0 Å². The number of phenolic OH excluding ortho intramolecular Hbond substituents is 1. The molecule has 0 aromatic heterocycles. The van der Waals surface area contributed by atoms with Crippen LogP contribution in [0.4, 0.5) is 8.78 Å². The Kier molecular flexibility index (Phi) is 4.75. The molecule has 1 atom stereocenters. The number of benzene rings is 1. The van der Waals surface area contributed by atoms with Gasteiger partial charge in [0.15, 0.2) is 11.6 Å². The highest BCUT2D eigenvalue weighted by molar-refractivity contribution is 9.10. The van der Waals surface area contributed by atoms with Crippen molar-refractivity contribution >= 4 is 28.3 Å². The topological polar surface area (TPSA) is 46.2 Å². The maximum atomic E-state index is 13.3. The van der Waals surface area contributed by atoms with E-state index in [4.69, 9.17) is 5.73 Å². The quantitative estimate of drug-likeness (QED) is 0.814. The Hall–Kier alpha value is -0.390. The number of hydrogen-bond acceptors (Lipinski definition) is 2. The number of rotatable bonds is 2. The van der Waals surface area contributed by atoms with Crippen molar-refractivity contribution in [1.82, 2.24) is 0 Å². The largest absolute Gasteiger partial charge is 0.505 e. The van der Waals surface area contributed by atoms with Crippen molar-refractivity contribution in [2.24, 2.45) is 11.7 Å². The molecule has 0 bridgehead atoms. The van der Waals surface area contributed by atoms with Crippen molar-refractivity contribution in [3.05, 3.63) is 27.7 Å². The Bertz CT molecular complexity index is 426. The minimum Gasteiger partial charge on any atom is -0.505 e. The second kappa shape index (κ2) is 5.50. The Morgan fingerprint density at radius 3 is 2.41 bits per heavy atom. The summed E-state index contributed by atoms with van der Waals surface area (Å²) < 4.78 is 26.4. The zero-order valence-electron chi connectivity index (χ0n) is 8.92. The molecule has 17 heavy (non-hydrogen) atoms. The summed E-state index contributed by atoms with van der Waals surface area (Å²) in [6, 6.07) is 0.927. The van der Waals surface area contributed by atoms with Crippen LogP contribution in [0.2, 0.25) is 0 Å². The molecule has 0 saturated heterocycles. The molecule has 2 rings (SSSR count). The molecule has 3 N–H and O–H groups in total. The van der Waals surface area contributed by atoms with Gasteiger partial charge in [-0.2, -0.15) is 4.39 Å². The highest BCUT2D eigenvalue weighted by Gasteiger charge is 2.29. The summed E-state index contributed by atoms with van der Waals surface area (Å²) in [4.78, 5) is 0. The molecular formula is C11H13BrClF2NO. The third-order valence-corrected chi connectivity index (χ3v) is 3.76. The third kappa shape index (κ3) is 2.56. The lowest BCUT2D eigenvalue weighted by molar-refractivity contribution is 0.258. The first kappa shape index (κ1) is 14.7. The predicted octanol–water partition coefficient (Wildman–Crippen LogP) is 3.65. The van der Waals surface area contributed by atoms with Crippen molar-refractivity contribution in [2.75, 3.05) is 0 Å². The molecule has 96 valence electrons. The van der Waals surface area contributed by atoms with Gasteiger partial charge in [0.1, 0.15) is 0 Å². The van der Waals surface area contributed by atoms with Gasteiger partial charge in [-0.15, -0.1) is 12.4 Å². The first-order valence-corrected chi connectivity index (χ1v) is 5.93. The molecule has 0 spiro atoms. The van der Waals surface area contributed by atoms with Gasteiger partial charge in [0.2, 0.25) is 5.82 Å². The van der Waals surface area contributed by atoms with Crippen LogP contribution in [0.1, 0.15) is 30.9 Å². The molecule has 6 heteroatoms. The summed E-state index contributed by atoms with van der Waals surface area (Å²) >= 11 is 2.91. The van der Waals surface area contributed by atoms with Gasteiger partial charge < -0.3 is 10.8 Å². The SMILES string of the molecule is Cl.N[C@@H](c1cc(Br)c(F)c(F)c1O)C1CCC1. The van der Waals surface area contributed by atoms with Crippen molar-refractivity contribution in [3.8, 4) is 5.75 Å². The molecule has 1 aromatic rings. The average molecular weight is 329 g/mol. The Labute approximate surface area is 113 Å². The van der Waals surface area contributed by atoms with Crippen LogP contribution in [-0.4, -0.2) is 5.11 Å². The number of halogens is 4. The van der Waals surface area contributed by atoms with E-state index in [2.05, 4.69) is 15.9 Å². The fourth-order valence-corrected chi connectivity index (χ4v) is 2.33. The van der Waals surface area contributed by atoms with E-state index in [-0.39, 0.29) is 28.4 Å². The summed E-state index contributed by atoms with van der Waals surface area (Å²) in [5, 5.41) is 9.53. The minimum atomic E-state index is -1.24. The van der Waals surface area contributed by atoms with Gasteiger partial charge in [-0.05, 0) is 40.8 Å². The summed E-state index contributed by atoms with van der Waals surface area (Å²) in [7, 11) is 0. The minimum absolute atomic E-state index is 0. The van der Waals surface area contributed by atoms with Crippen LogP contribution in [-0.2, 0) is 0 Å². The molecule has 1 aromatic carbocycles. The van der Waals surface area contributed by atoms with E-state index in [1.807, 2.05) is 0 Å². The molecule has 1 fully saturated rings. The predicted molar refractivity (Wildman–Crippen MR) is 67.2 cm³/mol. The molecule has 0 heterocycles. The van der Waals surface area contributed by atoms with Crippen molar-refractivity contribution in [3.63, 3.8) is 0 Å². The summed E-state index contributed by atoms with van der Waals surface area (Å²) in [5.41, 5.74) is 6.19. The Morgan fingerprint density at radius 2 is 1.94 bits per heavy atom. The molecule has 1 aliphatic carbocycles. The number of phenols is 1. The van der Waals surface area contributed by atoms with Crippen LogP contribution in [0.3, 0.4) is 0 Å². The van der Waals surface area contributed by atoms with Gasteiger partial charge in [0.25, 0.3) is 0 Å². The van der Waals surface area contributed by atoms with E-state index in [1.54, 1.807) is 0 Å². The standard InChI is InChI=1S/C11H12BrF2NO.ClH/c12-7-4-6(10(15)5-2-1-3-5)11(16)9(14)8(7)13;/h4-5,10,16H,1-3,15H2;1H/t10-;/m1./s1. The highest BCUT2D eigenvalue weighted by atomic mass is 79.9. The van der Waals surface area contributed by atoms with Crippen LogP contribution in [0.5, 0.6) is 5.75 Å². The van der Waals surface area contributed by atoms with E-state index < -0.39 is 23.4 Å². The monoisotopic (exact) mass is 327 g/mol. The van der Waals surface area contributed by atoms with Crippen molar-refractivity contribution < 1.29 is 13.9 Å². The van der Waals surface area contributed by atoms with E-state index >= 15 is 0 Å². The van der Waals surface area contributed by atoms with Gasteiger partial charge in [0, 0.05) is 11.6 Å². The number of nitrogens with two attached hydrogens (primary N) is 1. The zero-order valence-corrected chi connectivity index (χ0v) is 11.3. The Balaban J connectivity index is 0.00000144. The van der Waals surface area contributed by atoms with Gasteiger partial charge in [-0.3, -0.25) is 0 Å². The maximum Gasteiger partial charge on any atom is 0.201 e. The molecule has 2 nitrogen and oxygen atoms in total. The van der Waals surface area contributed by atoms with Crippen LogP contribution >= 0.6 is 28.3 Å². The van der Waals surface area contributed by atoms with Gasteiger partial charge in [0.05, 0.1) is 4.47 Å². The highest BCUT2D eigenvalue weighted by Crippen LogP contribution is 2.41. The fraction of sp³-hybridized carbons (Fsp3) is 0.455. The summed E-state index contributed by atoms with van der Waals surface area (Å²) in [5.74, 6) is -2.73. The van der Waals surface area contributed by atoms with Gasteiger partial charge >= 0.3 is 0 Å². The summed E-state index contributed by atoms with van der Waals surface area (Å²) in [6.45, 7) is 0. The lowest BCUT2D eigenvalue weighted by Crippen LogP contribution is -2.27. The smallest absolute Gasteiger partial charge is 0.201 e. The molecule has 1 aliphatic rings. The van der Waals surface area contributed by atoms with Gasteiger partial charge in [-0.25, -0.2) is 4.39 Å². The van der Waals surface area contributed by atoms with Crippen molar-refractivity contribution in [1.29, 1.82) is 0 Å². The number of aromatic hydroxyl groups is 1. The molecule has 0 aliphatic heterocycles. The Morgan fingerprint density at radius 1 is 1.35 bits per heavy atom. The third-order valence-electron chi connectivity index (χ3n) is 3.18. The lowest BCUT2D eigenvalue weighted by Gasteiger charge is -2.31. The van der Waals surface area contributed by atoms with Crippen LogP contribution in [0.15, 0.2) is 10.5 Å². The molecule has 0 radical (unpaired) electrons. The summed E-state index contributed by atoms with van der Waals surface area (Å²) in [6.07, 6.45) is 3.04. The molecule has 0 unspecified atom stereocenters. The maximum absolute atomic E-state index is 13.3. The van der Waals surface area contributed by atoms with Crippen LogP contribution in [0, 0.1) is 17.6 Å². The van der Waals surface area contributed by atoms with E-state index in [1.165, 1.54) is 6.07 Å². The van der Waals surface area contributed by atoms with Crippen LogP contribution < -0.4 is 5.73 Å². The van der Waals surface area contributed by atoms with Gasteiger partial charge in [-0.1, -0.05) is 6.42 Å². The molecule has 1 saturated carbocycles. The van der Waals surface area contributed by atoms with E-state index in [9.17, 15) is 13.9 Å². The first-order chi connectivity index (χ1) is 7.52.